The average molecular weight is 337 g/mol. The lowest BCUT2D eigenvalue weighted by molar-refractivity contribution is -0.157. The van der Waals surface area contributed by atoms with E-state index in [2.05, 4.69) is 0 Å². The van der Waals surface area contributed by atoms with E-state index in [-0.39, 0.29) is 30.7 Å². The van der Waals surface area contributed by atoms with Crippen molar-refractivity contribution in [3.05, 3.63) is 29.6 Å². The molecule has 1 aromatic rings. The molecule has 1 amide bonds. The predicted molar refractivity (Wildman–Crippen MR) is 82.2 cm³/mol. The predicted octanol–water partition coefficient (Wildman–Crippen LogP) is 1.46. The molecule has 7 heteroatoms. The van der Waals surface area contributed by atoms with Crippen LogP contribution in [0.5, 0.6) is 5.75 Å². The minimum atomic E-state index is -0.942. The second-order valence-electron chi connectivity index (χ2n) is 6.48. The van der Waals surface area contributed by atoms with Crippen molar-refractivity contribution in [2.75, 3.05) is 32.9 Å². The Morgan fingerprint density at radius 3 is 3.00 bits per heavy atom. The molecule has 0 unspecified atom stereocenters. The zero-order valence-electron chi connectivity index (χ0n) is 13.5. The van der Waals surface area contributed by atoms with Crippen LogP contribution >= 0.6 is 0 Å². The minimum Gasteiger partial charge on any atom is -0.481 e. The standard InChI is InChI=1S/C17H20FNO5/c1-11-2-3-13(18)14(6-11)24-9-15(20)19-7-12-8-23-5-4-17(12,10-19)16(21)22/h2-3,6,12H,4-5,7-10H2,1H3,(H,21,22)/t12-,17+/m0/s1. The number of hydrogen-bond acceptors (Lipinski definition) is 4. The Balaban J connectivity index is 1.66. The van der Waals surface area contributed by atoms with Gasteiger partial charge < -0.3 is 19.5 Å². The van der Waals surface area contributed by atoms with Crippen molar-refractivity contribution >= 4 is 11.9 Å². The summed E-state index contributed by atoms with van der Waals surface area (Å²) in [4.78, 5) is 25.6. The molecule has 2 atom stereocenters. The first-order valence-corrected chi connectivity index (χ1v) is 7.90. The summed E-state index contributed by atoms with van der Waals surface area (Å²) >= 11 is 0. The number of nitrogens with zero attached hydrogens (tertiary/aromatic N) is 1. The van der Waals surface area contributed by atoms with E-state index >= 15 is 0 Å². The Morgan fingerprint density at radius 2 is 2.29 bits per heavy atom. The number of aryl methyl sites for hydroxylation is 1. The van der Waals surface area contributed by atoms with Crippen molar-refractivity contribution in [2.24, 2.45) is 11.3 Å². The largest absolute Gasteiger partial charge is 0.481 e. The van der Waals surface area contributed by atoms with Crippen molar-refractivity contribution in [1.29, 1.82) is 0 Å². The molecule has 2 fully saturated rings. The molecule has 2 saturated heterocycles. The van der Waals surface area contributed by atoms with Crippen LogP contribution in [0.15, 0.2) is 18.2 Å². The van der Waals surface area contributed by atoms with E-state index in [9.17, 15) is 19.1 Å². The SMILES string of the molecule is Cc1ccc(F)c(OCC(=O)N2C[C@H]3COCC[C@@]3(C(=O)O)C2)c1. The lowest BCUT2D eigenvalue weighted by Crippen LogP contribution is -2.45. The molecular weight excluding hydrogens is 317 g/mol. The fourth-order valence-corrected chi connectivity index (χ4v) is 3.44. The molecule has 0 saturated carbocycles. The van der Waals surface area contributed by atoms with Gasteiger partial charge >= 0.3 is 5.97 Å². The Kier molecular flexibility index (Phi) is 4.45. The highest BCUT2D eigenvalue weighted by atomic mass is 19.1. The van der Waals surface area contributed by atoms with Gasteiger partial charge in [-0.1, -0.05) is 6.07 Å². The van der Waals surface area contributed by atoms with Crippen molar-refractivity contribution in [1.82, 2.24) is 4.90 Å². The van der Waals surface area contributed by atoms with Gasteiger partial charge in [-0.25, -0.2) is 4.39 Å². The molecule has 1 aromatic carbocycles. The van der Waals surface area contributed by atoms with Gasteiger partial charge in [-0.2, -0.15) is 0 Å². The first-order chi connectivity index (χ1) is 11.4. The summed E-state index contributed by atoms with van der Waals surface area (Å²) < 4.78 is 24.3. The zero-order valence-corrected chi connectivity index (χ0v) is 13.5. The third kappa shape index (κ3) is 2.96. The van der Waals surface area contributed by atoms with Crippen LogP contribution in [0, 0.1) is 24.1 Å². The average Bonchev–Trinajstić information content (AvgIpc) is 2.96. The molecule has 0 radical (unpaired) electrons. The molecule has 2 heterocycles. The van der Waals surface area contributed by atoms with E-state index in [4.69, 9.17) is 9.47 Å². The van der Waals surface area contributed by atoms with Crippen molar-refractivity contribution < 1.29 is 28.6 Å². The highest BCUT2D eigenvalue weighted by Gasteiger charge is 2.54. The number of fused-ring (bicyclic) bond motifs is 1. The summed E-state index contributed by atoms with van der Waals surface area (Å²) in [5.41, 5.74) is -0.115. The number of benzene rings is 1. The van der Waals surface area contributed by atoms with Crippen LogP contribution in [-0.4, -0.2) is 54.8 Å². The third-order valence-corrected chi connectivity index (χ3v) is 4.92. The molecule has 1 N–H and O–H groups in total. The van der Waals surface area contributed by atoms with E-state index in [1.54, 1.807) is 13.0 Å². The number of aliphatic carboxylic acids is 1. The normalized spacial score (nSPS) is 26.1. The van der Waals surface area contributed by atoms with Crippen molar-refractivity contribution in [3.8, 4) is 5.75 Å². The molecule has 0 spiro atoms. The molecule has 3 rings (SSSR count). The summed E-state index contributed by atoms with van der Waals surface area (Å²) in [6.07, 6.45) is 0.393. The smallest absolute Gasteiger partial charge is 0.311 e. The van der Waals surface area contributed by atoms with Crippen LogP contribution in [0.1, 0.15) is 12.0 Å². The highest BCUT2D eigenvalue weighted by molar-refractivity contribution is 5.82. The molecule has 6 nitrogen and oxygen atoms in total. The first kappa shape index (κ1) is 16.7. The number of hydrogen-bond donors (Lipinski definition) is 1. The summed E-state index contributed by atoms with van der Waals surface area (Å²) in [5.74, 6) is -1.96. The Morgan fingerprint density at radius 1 is 1.50 bits per heavy atom. The van der Waals surface area contributed by atoms with E-state index in [1.165, 1.54) is 17.0 Å². The summed E-state index contributed by atoms with van der Waals surface area (Å²) in [6, 6.07) is 4.43. The molecule has 0 aliphatic carbocycles. The van der Waals surface area contributed by atoms with Crippen LogP contribution in [0.2, 0.25) is 0 Å². The molecule has 2 aliphatic rings. The fourth-order valence-electron chi connectivity index (χ4n) is 3.44. The van der Waals surface area contributed by atoms with Gasteiger partial charge in [0, 0.05) is 25.6 Å². The lowest BCUT2D eigenvalue weighted by Gasteiger charge is -2.33. The minimum absolute atomic E-state index is 0.0243. The quantitative estimate of drug-likeness (QED) is 0.900. The number of carboxylic acids is 1. The number of rotatable bonds is 4. The number of ether oxygens (including phenoxy) is 2. The number of carboxylic acid groups (broad SMARTS) is 1. The lowest BCUT2D eigenvalue weighted by atomic mass is 9.74. The Labute approximate surface area is 139 Å². The van der Waals surface area contributed by atoms with Gasteiger partial charge in [-0.3, -0.25) is 9.59 Å². The van der Waals surface area contributed by atoms with E-state index in [0.29, 0.717) is 26.2 Å². The number of halogens is 1. The summed E-state index contributed by atoms with van der Waals surface area (Å²) in [6.45, 7) is 2.68. The van der Waals surface area contributed by atoms with E-state index < -0.39 is 17.2 Å². The number of carbonyl (C=O) groups is 2. The number of carbonyl (C=O) groups excluding carboxylic acids is 1. The van der Waals surface area contributed by atoms with Gasteiger partial charge in [-0.15, -0.1) is 0 Å². The maximum Gasteiger partial charge on any atom is 0.311 e. The van der Waals surface area contributed by atoms with Crippen LogP contribution in [0.3, 0.4) is 0 Å². The second kappa shape index (κ2) is 6.39. The fraction of sp³-hybridized carbons (Fsp3) is 0.529. The van der Waals surface area contributed by atoms with Crippen LogP contribution in [0.4, 0.5) is 4.39 Å². The monoisotopic (exact) mass is 337 g/mol. The first-order valence-electron chi connectivity index (χ1n) is 7.90. The number of amides is 1. The van der Waals surface area contributed by atoms with Gasteiger partial charge in [0.1, 0.15) is 0 Å². The molecule has 0 aromatic heterocycles. The van der Waals surface area contributed by atoms with Gasteiger partial charge in [0.05, 0.1) is 12.0 Å². The van der Waals surface area contributed by atoms with E-state index in [0.717, 1.165) is 5.56 Å². The van der Waals surface area contributed by atoms with E-state index in [1.807, 2.05) is 0 Å². The van der Waals surface area contributed by atoms with Gasteiger partial charge in [0.2, 0.25) is 0 Å². The van der Waals surface area contributed by atoms with Crippen LogP contribution < -0.4 is 4.74 Å². The maximum absolute atomic E-state index is 13.7. The maximum atomic E-state index is 13.7. The second-order valence-corrected chi connectivity index (χ2v) is 6.48. The summed E-state index contributed by atoms with van der Waals surface area (Å²) in [5, 5.41) is 9.60. The molecular formula is C17H20FNO5. The van der Waals surface area contributed by atoms with Gasteiger partial charge in [0.25, 0.3) is 5.91 Å². The van der Waals surface area contributed by atoms with Crippen molar-refractivity contribution in [3.63, 3.8) is 0 Å². The summed E-state index contributed by atoms with van der Waals surface area (Å²) in [7, 11) is 0. The van der Waals surface area contributed by atoms with Crippen molar-refractivity contribution in [2.45, 2.75) is 13.3 Å². The van der Waals surface area contributed by atoms with Gasteiger partial charge in [0.15, 0.2) is 18.2 Å². The molecule has 130 valence electrons. The Hall–Kier alpha value is -2.15. The molecule has 2 aliphatic heterocycles. The third-order valence-electron chi connectivity index (χ3n) is 4.92. The zero-order chi connectivity index (χ0) is 17.3. The topological polar surface area (TPSA) is 76.1 Å². The highest BCUT2D eigenvalue weighted by Crippen LogP contribution is 2.42. The molecule has 24 heavy (non-hydrogen) atoms. The molecule has 0 bridgehead atoms. The Bertz CT molecular complexity index is 664. The van der Waals surface area contributed by atoms with Gasteiger partial charge in [-0.05, 0) is 31.0 Å². The van der Waals surface area contributed by atoms with Crippen LogP contribution in [-0.2, 0) is 14.3 Å². The van der Waals surface area contributed by atoms with Crippen LogP contribution in [0.25, 0.3) is 0 Å². The number of likely N-dealkylation sites (tertiary alicyclic amines) is 1.